The Morgan fingerprint density at radius 1 is 0.941 bits per heavy atom. The van der Waals surface area contributed by atoms with E-state index < -0.39 is 0 Å². The van der Waals surface area contributed by atoms with E-state index in [0.29, 0.717) is 0 Å². The molecular weight excluding hydrogens is 276 g/mol. The fourth-order valence-electron chi connectivity index (χ4n) is 1.68. The number of nitrogens with one attached hydrogen (secondary N) is 1. The number of para-hydroxylation sites is 1. The molecule has 0 fully saturated rings. The molecule has 0 saturated carbocycles. The summed E-state index contributed by atoms with van der Waals surface area (Å²) >= 11 is 3.58. The molecule has 0 aliphatic rings. The number of hydrogen-bond donors (Lipinski definition) is 2. The molecule has 0 spiro atoms. The summed E-state index contributed by atoms with van der Waals surface area (Å²) < 4.78 is 1.07. The largest absolute Gasteiger partial charge is 0.397 e. The van der Waals surface area contributed by atoms with E-state index >= 15 is 0 Å². The van der Waals surface area contributed by atoms with Crippen molar-refractivity contribution in [3.8, 4) is 0 Å². The zero-order chi connectivity index (χ0) is 12.4. The molecule has 3 N–H and O–H groups in total. The van der Waals surface area contributed by atoms with Gasteiger partial charge in [-0.15, -0.1) is 0 Å². The quantitative estimate of drug-likeness (QED) is 0.805. The SMILES string of the molecule is Cc1cccc(Nc2cccc(C)c2Br)c1N. The Kier molecular flexibility index (Phi) is 3.38. The molecule has 0 aliphatic heterocycles. The first-order valence-corrected chi connectivity index (χ1v) is 6.26. The Hall–Kier alpha value is -1.48. The molecule has 0 heterocycles. The Morgan fingerprint density at radius 3 is 2.24 bits per heavy atom. The van der Waals surface area contributed by atoms with Crippen molar-refractivity contribution >= 4 is 33.0 Å². The zero-order valence-corrected chi connectivity index (χ0v) is 11.5. The highest BCUT2D eigenvalue weighted by Gasteiger charge is 2.05. The monoisotopic (exact) mass is 290 g/mol. The van der Waals surface area contributed by atoms with Crippen LogP contribution in [0.15, 0.2) is 40.9 Å². The third kappa shape index (κ3) is 2.44. The van der Waals surface area contributed by atoms with Crippen molar-refractivity contribution in [3.05, 3.63) is 52.0 Å². The van der Waals surface area contributed by atoms with Crippen LogP contribution < -0.4 is 11.1 Å². The van der Waals surface area contributed by atoms with Crippen LogP contribution >= 0.6 is 15.9 Å². The van der Waals surface area contributed by atoms with E-state index in [0.717, 1.165) is 27.1 Å². The predicted octanol–water partition coefficient (Wildman–Crippen LogP) is 4.39. The summed E-state index contributed by atoms with van der Waals surface area (Å²) in [7, 11) is 0. The van der Waals surface area contributed by atoms with Crippen LogP contribution in [0.25, 0.3) is 0 Å². The molecule has 2 rings (SSSR count). The molecule has 2 aromatic carbocycles. The predicted molar refractivity (Wildman–Crippen MR) is 77.8 cm³/mol. The lowest BCUT2D eigenvalue weighted by Gasteiger charge is -2.13. The van der Waals surface area contributed by atoms with Gasteiger partial charge in [0.05, 0.1) is 17.1 Å². The van der Waals surface area contributed by atoms with Crippen LogP contribution in [0.2, 0.25) is 0 Å². The fraction of sp³-hybridized carbons (Fsp3) is 0.143. The molecular formula is C14H15BrN2. The van der Waals surface area contributed by atoms with Crippen LogP contribution in [0, 0.1) is 13.8 Å². The van der Waals surface area contributed by atoms with E-state index in [4.69, 9.17) is 5.73 Å². The molecule has 0 unspecified atom stereocenters. The van der Waals surface area contributed by atoms with Gasteiger partial charge in [0.1, 0.15) is 0 Å². The second kappa shape index (κ2) is 4.80. The summed E-state index contributed by atoms with van der Waals surface area (Å²) in [4.78, 5) is 0. The molecule has 0 aliphatic carbocycles. The zero-order valence-electron chi connectivity index (χ0n) is 9.92. The van der Waals surface area contributed by atoms with Crippen LogP contribution in [0.1, 0.15) is 11.1 Å². The van der Waals surface area contributed by atoms with Crippen LogP contribution in [-0.4, -0.2) is 0 Å². The standard InChI is InChI=1S/C14H15BrN2/c1-9-5-3-7-11(13(9)15)17-12-8-4-6-10(2)14(12)16/h3-8,17H,16H2,1-2H3. The van der Waals surface area contributed by atoms with Crippen molar-refractivity contribution in [2.45, 2.75) is 13.8 Å². The Balaban J connectivity index is 2.38. The minimum atomic E-state index is 0.793. The van der Waals surface area contributed by atoms with Crippen molar-refractivity contribution in [2.24, 2.45) is 0 Å². The van der Waals surface area contributed by atoms with Crippen LogP contribution in [0.4, 0.5) is 17.1 Å². The maximum Gasteiger partial charge on any atom is 0.0620 e. The molecule has 88 valence electrons. The van der Waals surface area contributed by atoms with Crippen molar-refractivity contribution < 1.29 is 0 Å². The average molecular weight is 291 g/mol. The molecule has 0 radical (unpaired) electrons. The lowest BCUT2D eigenvalue weighted by molar-refractivity contribution is 1.40. The van der Waals surface area contributed by atoms with E-state index in [1.54, 1.807) is 0 Å². The van der Waals surface area contributed by atoms with Crippen molar-refractivity contribution in [2.75, 3.05) is 11.1 Å². The van der Waals surface area contributed by atoms with Gasteiger partial charge in [0.15, 0.2) is 0 Å². The van der Waals surface area contributed by atoms with Gasteiger partial charge in [-0.3, -0.25) is 0 Å². The summed E-state index contributed by atoms with van der Waals surface area (Å²) in [6.07, 6.45) is 0. The van der Waals surface area contributed by atoms with Gasteiger partial charge in [-0.05, 0) is 53.0 Å². The van der Waals surface area contributed by atoms with E-state index in [-0.39, 0.29) is 0 Å². The first kappa shape index (κ1) is 12.0. The molecule has 0 amide bonds. The van der Waals surface area contributed by atoms with Gasteiger partial charge < -0.3 is 11.1 Å². The molecule has 0 saturated heterocycles. The van der Waals surface area contributed by atoms with Gasteiger partial charge in [-0.2, -0.15) is 0 Å². The van der Waals surface area contributed by atoms with Crippen LogP contribution in [-0.2, 0) is 0 Å². The highest BCUT2D eigenvalue weighted by atomic mass is 79.9. The normalized spacial score (nSPS) is 10.3. The number of aryl methyl sites for hydroxylation is 2. The van der Waals surface area contributed by atoms with Gasteiger partial charge in [0, 0.05) is 4.47 Å². The van der Waals surface area contributed by atoms with Gasteiger partial charge in [0.25, 0.3) is 0 Å². The summed E-state index contributed by atoms with van der Waals surface area (Å²) in [5.74, 6) is 0. The number of benzene rings is 2. The minimum absolute atomic E-state index is 0.793. The van der Waals surface area contributed by atoms with E-state index in [2.05, 4.69) is 34.2 Å². The van der Waals surface area contributed by atoms with E-state index in [9.17, 15) is 0 Å². The van der Waals surface area contributed by atoms with Crippen LogP contribution in [0.5, 0.6) is 0 Å². The average Bonchev–Trinajstić information content (AvgIpc) is 2.31. The summed E-state index contributed by atoms with van der Waals surface area (Å²) in [6, 6.07) is 12.1. The first-order chi connectivity index (χ1) is 8.09. The number of anilines is 3. The number of nitrogen functional groups attached to an aromatic ring is 1. The van der Waals surface area contributed by atoms with Crippen LogP contribution in [0.3, 0.4) is 0 Å². The van der Waals surface area contributed by atoms with Gasteiger partial charge in [0.2, 0.25) is 0 Å². The smallest absolute Gasteiger partial charge is 0.0620 e. The fourth-order valence-corrected chi connectivity index (χ4v) is 2.04. The summed E-state index contributed by atoms with van der Waals surface area (Å²) in [5, 5.41) is 3.35. The molecule has 17 heavy (non-hydrogen) atoms. The third-order valence-corrected chi connectivity index (χ3v) is 3.84. The van der Waals surface area contributed by atoms with Crippen molar-refractivity contribution in [3.63, 3.8) is 0 Å². The maximum absolute atomic E-state index is 6.04. The lowest BCUT2D eigenvalue weighted by Crippen LogP contribution is -1.99. The Bertz CT molecular complexity index is 500. The highest BCUT2D eigenvalue weighted by Crippen LogP contribution is 2.31. The van der Waals surface area contributed by atoms with Crippen molar-refractivity contribution in [1.29, 1.82) is 0 Å². The number of halogens is 1. The highest BCUT2D eigenvalue weighted by molar-refractivity contribution is 9.10. The van der Waals surface area contributed by atoms with Crippen molar-refractivity contribution in [1.82, 2.24) is 0 Å². The summed E-state index contributed by atoms with van der Waals surface area (Å²) in [6.45, 7) is 4.07. The van der Waals surface area contributed by atoms with Gasteiger partial charge in [-0.1, -0.05) is 24.3 Å². The lowest BCUT2D eigenvalue weighted by atomic mass is 10.1. The molecule has 0 aromatic heterocycles. The number of hydrogen-bond acceptors (Lipinski definition) is 2. The maximum atomic E-state index is 6.04. The third-order valence-electron chi connectivity index (χ3n) is 2.79. The second-order valence-electron chi connectivity index (χ2n) is 4.10. The molecule has 2 nitrogen and oxygen atoms in total. The molecule has 2 aromatic rings. The number of rotatable bonds is 2. The van der Waals surface area contributed by atoms with Gasteiger partial charge >= 0.3 is 0 Å². The molecule has 3 heteroatoms. The minimum Gasteiger partial charge on any atom is -0.397 e. The Morgan fingerprint density at radius 2 is 1.53 bits per heavy atom. The van der Waals surface area contributed by atoms with E-state index in [1.807, 2.05) is 37.3 Å². The number of nitrogens with two attached hydrogens (primary N) is 1. The summed E-state index contributed by atoms with van der Waals surface area (Å²) in [5.41, 5.74) is 11.1. The Labute approximate surface area is 110 Å². The van der Waals surface area contributed by atoms with E-state index in [1.165, 1.54) is 5.56 Å². The topological polar surface area (TPSA) is 38.0 Å². The first-order valence-electron chi connectivity index (χ1n) is 5.47. The molecule has 0 atom stereocenters. The van der Waals surface area contributed by atoms with Gasteiger partial charge in [-0.25, -0.2) is 0 Å². The molecule has 0 bridgehead atoms. The second-order valence-corrected chi connectivity index (χ2v) is 4.89.